The Morgan fingerprint density at radius 1 is 1.40 bits per heavy atom. The van der Waals surface area contributed by atoms with Crippen LogP contribution in [0.1, 0.15) is 30.4 Å². The molecule has 6 heteroatoms. The smallest absolute Gasteiger partial charge is 0.148 e. The molecule has 116 valence electrons. The van der Waals surface area contributed by atoms with E-state index in [0.29, 0.717) is 13.1 Å². The number of hydrogen-bond acceptors (Lipinski definition) is 5. The van der Waals surface area contributed by atoms with Gasteiger partial charge in [0, 0.05) is 24.9 Å². The molecule has 0 aromatic carbocycles. The summed E-state index contributed by atoms with van der Waals surface area (Å²) in [6.45, 7) is 7.05. The van der Waals surface area contributed by atoms with E-state index in [4.69, 9.17) is 4.42 Å². The summed E-state index contributed by atoms with van der Waals surface area (Å²) in [6.07, 6.45) is 2.37. The molecule has 0 aliphatic carbocycles. The highest BCUT2D eigenvalue weighted by Gasteiger charge is 2.11. The van der Waals surface area contributed by atoms with Crippen molar-refractivity contribution in [1.82, 2.24) is 10.2 Å². The Bertz CT molecular complexity index is 508. The second-order valence-electron chi connectivity index (χ2n) is 5.34. The van der Waals surface area contributed by atoms with Crippen LogP contribution in [0.2, 0.25) is 0 Å². The summed E-state index contributed by atoms with van der Waals surface area (Å²) in [5, 5.41) is 3.35. The Morgan fingerprint density at radius 2 is 2.10 bits per heavy atom. The number of nitrogens with zero attached hydrogens (tertiary/aromatic N) is 1. The van der Waals surface area contributed by atoms with Crippen molar-refractivity contribution in [2.75, 3.05) is 32.1 Å². The van der Waals surface area contributed by atoms with Crippen LogP contribution < -0.4 is 5.32 Å². The van der Waals surface area contributed by atoms with E-state index >= 15 is 0 Å². The minimum Gasteiger partial charge on any atom is -0.465 e. The highest BCUT2D eigenvalue weighted by atomic mass is 32.2. The summed E-state index contributed by atoms with van der Waals surface area (Å²) in [5.74, 6) is 1.99. The van der Waals surface area contributed by atoms with Crippen molar-refractivity contribution in [3.63, 3.8) is 0 Å². The Balaban J connectivity index is 2.49. The van der Waals surface area contributed by atoms with Crippen LogP contribution in [-0.2, 0) is 22.9 Å². The summed E-state index contributed by atoms with van der Waals surface area (Å²) >= 11 is 0. The Morgan fingerprint density at radius 3 is 2.70 bits per heavy atom. The Labute approximate surface area is 122 Å². The molecule has 5 nitrogen and oxygen atoms in total. The second kappa shape index (κ2) is 7.81. The highest BCUT2D eigenvalue weighted by Crippen LogP contribution is 2.15. The van der Waals surface area contributed by atoms with Gasteiger partial charge >= 0.3 is 0 Å². The SMILES string of the molecule is CCCNCc1cc(CN(C)CCS(C)(=O)=O)oc1C. The molecule has 1 aromatic heterocycles. The van der Waals surface area contributed by atoms with Gasteiger partial charge in [0.15, 0.2) is 0 Å². The quantitative estimate of drug-likeness (QED) is 0.702. The fourth-order valence-electron chi connectivity index (χ4n) is 1.91. The van der Waals surface area contributed by atoms with Crippen molar-refractivity contribution in [2.45, 2.75) is 33.4 Å². The molecule has 0 atom stereocenters. The average Bonchev–Trinajstić information content (AvgIpc) is 2.67. The molecule has 20 heavy (non-hydrogen) atoms. The van der Waals surface area contributed by atoms with Gasteiger partial charge < -0.3 is 9.73 Å². The third-order valence-corrected chi connectivity index (χ3v) is 4.01. The van der Waals surface area contributed by atoms with Crippen molar-refractivity contribution in [3.8, 4) is 0 Å². The standard InChI is InChI=1S/C14H26N2O3S/c1-5-6-15-10-13-9-14(19-12(13)2)11-16(3)7-8-20(4,17)18/h9,15H,5-8,10-11H2,1-4H3. The molecule has 0 saturated carbocycles. The fraction of sp³-hybridized carbons (Fsp3) is 0.714. The van der Waals surface area contributed by atoms with Crippen LogP contribution in [0.25, 0.3) is 0 Å². The zero-order valence-corrected chi connectivity index (χ0v) is 13.7. The van der Waals surface area contributed by atoms with Gasteiger partial charge in [0.1, 0.15) is 21.4 Å². The van der Waals surface area contributed by atoms with Crippen molar-refractivity contribution >= 4 is 9.84 Å². The van der Waals surface area contributed by atoms with Crippen molar-refractivity contribution in [2.24, 2.45) is 0 Å². The Kier molecular flexibility index (Phi) is 6.71. The molecule has 0 bridgehead atoms. The van der Waals surface area contributed by atoms with Crippen LogP contribution in [-0.4, -0.2) is 45.5 Å². The number of aryl methyl sites for hydroxylation is 1. The fourth-order valence-corrected chi connectivity index (χ4v) is 2.55. The number of furan rings is 1. The van der Waals surface area contributed by atoms with Crippen LogP contribution >= 0.6 is 0 Å². The van der Waals surface area contributed by atoms with Gasteiger partial charge in [0.25, 0.3) is 0 Å². The van der Waals surface area contributed by atoms with Crippen molar-refractivity contribution in [1.29, 1.82) is 0 Å². The lowest BCUT2D eigenvalue weighted by Gasteiger charge is -2.13. The van der Waals surface area contributed by atoms with E-state index in [1.54, 1.807) is 0 Å². The van der Waals surface area contributed by atoms with Gasteiger partial charge in [-0.25, -0.2) is 8.42 Å². The van der Waals surface area contributed by atoms with Crippen molar-refractivity contribution in [3.05, 3.63) is 23.2 Å². The number of hydrogen-bond donors (Lipinski definition) is 1. The van der Waals surface area contributed by atoms with E-state index in [-0.39, 0.29) is 5.75 Å². The lowest BCUT2D eigenvalue weighted by atomic mass is 10.2. The molecule has 1 heterocycles. The zero-order valence-electron chi connectivity index (χ0n) is 12.9. The van der Waals surface area contributed by atoms with E-state index < -0.39 is 9.84 Å². The van der Waals surface area contributed by atoms with E-state index in [2.05, 4.69) is 18.3 Å². The summed E-state index contributed by atoms with van der Waals surface area (Å²) in [4.78, 5) is 1.96. The maximum absolute atomic E-state index is 11.1. The van der Waals surface area contributed by atoms with Crippen LogP contribution in [0.4, 0.5) is 0 Å². The minimum absolute atomic E-state index is 0.175. The molecule has 0 spiro atoms. The lowest BCUT2D eigenvalue weighted by Crippen LogP contribution is -2.24. The molecular formula is C14H26N2O3S. The first kappa shape index (κ1) is 17.2. The summed E-state index contributed by atoms with van der Waals surface area (Å²) in [7, 11) is -1.01. The van der Waals surface area contributed by atoms with E-state index in [1.807, 2.05) is 18.9 Å². The molecule has 0 radical (unpaired) electrons. The monoisotopic (exact) mass is 302 g/mol. The van der Waals surface area contributed by atoms with Gasteiger partial charge in [-0.1, -0.05) is 6.92 Å². The van der Waals surface area contributed by atoms with Gasteiger partial charge in [-0.3, -0.25) is 4.90 Å². The average molecular weight is 302 g/mol. The van der Waals surface area contributed by atoms with E-state index in [1.165, 1.54) is 11.8 Å². The molecule has 1 rings (SSSR count). The third-order valence-electron chi connectivity index (χ3n) is 3.08. The van der Waals surface area contributed by atoms with Gasteiger partial charge in [-0.2, -0.15) is 0 Å². The first-order valence-corrected chi connectivity index (χ1v) is 9.03. The maximum atomic E-state index is 11.1. The second-order valence-corrected chi connectivity index (χ2v) is 7.60. The topological polar surface area (TPSA) is 62.6 Å². The normalized spacial score (nSPS) is 12.2. The molecule has 1 aromatic rings. The van der Waals surface area contributed by atoms with Crippen molar-refractivity contribution < 1.29 is 12.8 Å². The molecule has 0 aliphatic rings. The van der Waals surface area contributed by atoms with Crippen LogP contribution in [0.5, 0.6) is 0 Å². The van der Waals surface area contributed by atoms with Gasteiger partial charge in [0.2, 0.25) is 0 Å². The number of nitrogens with one attached hydrogen (secondary N) is 1. The van der Waals surface area contributed by atoms with Gasteiger partial charge in [-0.05, 0) is 33.0 Å². The largest absolute Gasteiger partial charge is 0.465 e. The van der Waals surface area contributed by atoms with Gasteiger partial charge in [0.05, 0.1) is 12.3 Å². The minimum atomic E-state index is -2.91. The molecule has 0 unspecified atom stereocenters. The number of rotatable bonds is 9. The first-order chi connectivity index (χ1) is 9.31. The van der Waals surface area contributed by atoms with Crippen LogP contribution in [0.3, 0.4) is 0 Å². The zero-order chi connectivity index (χ0) is 15.2. The first-order valence-electron chi connectivity index (χ1n) is 6.97. The summed E-state index contributed by atoms with van der Waals surface area (Å²) in [5.41, 5.74) is 1.17. The van der Waals surface area contributed by atoms with E-state index in [9.17, 15) is 8.42 Å². The predicted molar refractivity (Wildman–Crippen MR) is 81.5 cm³/mol. The molecule has 0 amide bonds. The van der Waals surface area contributed by atoms with E-state index in [0.717, 1.165) is 31.0 Å². The summed E-state index contributed by atoms with van der Waals surface area (Å²) in [6, 6.07) is 2.05. The highest BCUT2D eigenvalue weighted by molar-refractivity contribution is 7.90. The molecule has 1 N–H and O–H groups in total. The molecular weight excluding hydrogens is 276 g/mol. The molecule has 0 saturated heterocycles. The predicted octanol–water partition coefficient (Wildman–Crippen LogP) is 1.56. The lowest BCUT2D eigenvalue weighted by molar-refractivity contribution is 0.306. The summed E-state index contributed by atoms with van der Waals surface area (Å²) < 4.78 is 28.0. The van der Waals surface area contributed by atoms with Crippen LogP contribution in [0, 0.1) is 6.92 Å². The number of sulfone groups is 1. The van der Waals surface area contributed by atoms with Gasteiger partial charge in [-0.15, -0.1) is 0 Å². The third kappa shape index (κ3) is 6.54. The maximum Gasteiger partial charge on any atom is 0.148 e. The van der Waals surface area contributed by atoms with Crippen LogP contribution in [0.15, 0.2) is 10.5 Å². The Hall–Kier alpha value is -0.850. The molecule has 0 aliphatic heterocycles. The molecule has 0 fully saturated rings.